The first kappa shape index (κ1) is 14.3. The lowest BCUT2D eigenvalue weighted by molar-refractivity contribution is -0.116. The Morgan fingerprint density at radius 1 is 1.14 bits per heavy atom. The number of aryl methyl sites for hydroxylation is 1. The predicted octanol–water partition coefficient (Wildman–Crippen LogP) is 3.17. The molecule has 22 heavy (non-hydrogen) atoms. The zero-order valence-electron chi connectivity index (χ0n) is 11.8. The zero-order chi connectivity index (χ0) is 15.2. The second-order valence-corrected chi connectivity index (χ2v) is 5.54. The summed E-state index contributed by atoms with van der Waals surface area (Å²) in [5, 5.41) is 5.37. The van der Waals surface area contributed by atoms with Gasteiger partial charge >= 0.3 is 0 Å². The first-order valence-corrected chi connectivity index (χ1v) is 7.74. The molecule has 1 amide bonds. The van der Waals surface area contributed by atoms with E-state index in [1.807, 2.05) is 29.6 Å². The number of aromatic nitrogens is 3. The van der Waals surface area contributed by atoms with Crippen molar-refractivity contribution in [2.75, 3.05) is 5.32 Å². The van der Waals surface area contributed by atoms with Crippen LogP contribution in [0.2, 0.25) is 0 Å². The monoisotopic (exact) mass is 310 g/mol. The summed E-state index contributed by atoms with van der Waals surface area (Å²) in [5.41, 5.74) is 2.88. The molecule has 0 spiro atoms. The maximum Gasteiger partial charge on any atom is 0.226 e. The van der Waals surface area contributed by atoms with Crippen LogP contribution in [-0.4, -0.2) is 20.9 Å². The molecule has 1 N–H and O–H groups in total. The maximum atomic E-state index is 12.0. The molecule has 0 unspecified atom stereocenters. The maximum absolute atomic E-state index is 12.0. The van der Waals surface area contributed by atoms with Gasteiger partial charge in [-0.15, -0.1) is 11.3 Å². The van der Waals surface area contributed by atoms with E-state index < -0.39 is 0 Å². The number of rotatable bonds is 5. The van der Waals surface area contributed by atoms with Gasteiger partial charge in [-0.2, -0.15) is 0 Å². The number of carbonyl (C=O) groups excluding carboxylic acids is 1. The largest absolute Gasteiger partial charge is 0.302 e. The summed E-state index contributed by atoms with van der Waals surface area (Å²) in [6.07, 6.45) is 8.03. The number of hydrogen-bond donors (Lipinski definition) is 1. The average Bonchev–Trinajstić information content (AvgIpc) is 3.03. The minimum atomic E-state index is -0.0421. The van der Waals surface area contributed by atoms with Crippen LogP contribution < -0.4 is 5.32 Å². The van der Waals surface area contributed by atoms with Crippen LogP contribution in [0.1, 0.15) is 12.0 Å². The van der Waals surface area contributed by atoms with Crippen molar-refractivity contribution in [1.29, 1.82) is 0 Å². The molecule has 5 nitrogen and oxygen atoms in total. The van der Waals surface area contributed by atoms with Gasteiger partial charge in [-0.3, -0.25) is 14.8 Å². The normalized spacial score (nSPS) is 10.4. The highest BCUT2D eigenvalue weighted by molar-refractivity contribution is 7.14. The van der Waals surface area contributed by atoms with Crippen LogP contribution in [0.4, 0.5) is 5.13 Å². The Labute approximate surface area is 132 Å². The lowest BCUT2D eigenvalue weighted by Crippen LogP contribution is -2.12. The van der Waals surface area contributed by atoms with E-state index in [9.17, 15) is 4.79 Å². The van der Waals surface area contributed by atoms with Crippen LogP contribution in [-0.2, 0) is 11.2 Å². The standard InChI is InChI=1S/C16H14N4OS/c21-15(4-3-12-2-1-7-18-10-12)20-16-19-14(11-22-16)13-5-8-17-9-6-13/h1-2,5-11H,3-4H2,(H,19,20,21). The fourth-order valence-corrected chi connectivity index (χ4v) is 2.71. The summed E-state index contributed by atoms with van der Waals surface area (Å²) in [6.45, 7) is 0. The molecule has 0 aliphatic carbocycles. The van der Waals surface area contributed by atoms with Crippen molar-refractivity contribution in [3.63, 3.8) is 0 Å². The van der Waals surface area contributed by atoms with Crippen molar-refractivity contribution in [2.45, 2.75) is 12.8 Å². The molecule has 3 rings (SSSR count). The van der Waals surface area contributed by atoms with Crippen molar-refractivity contribution in [1.82, 2.24) is 15.0 Å². The van der Waals surface area contributed by atoms with Gasteiger partial charge < -0.3 is 5.32 Å². The van der Waals surface area contributed by atoms with Gasteiger partial charge in [0.15, 0.2) is 5.13 Å². The van der Waals surface area contributed by atoms with E-state index >= 15 is 0 Å². The molecule has 0 aliphatic rings. The van der Waals surface area contributed by atoms with Crippen LogP contribution in [0.5, 0.6) is 0 Å². The van der Waals surface area contributed by atoms with Gasteiger partial charge in [0.25, 0.3) is 0 Å². The number of thiazole rings is 1. The van der Waals surface area contributed by atoms with E-state index in [1.165, 1.54) is 11.3 Å². The summed E-state index contributed by atoms with van der Waals surface area (Å²) in [7, 11) is 0. The number of nitrogens with zero attached hydrogens (tertiary/aromatic N) is 3. The fraction of sp³-hybridized carbons (Fsp3) is 0.125. The van der Waals surface area contributed by atoms with E-state index in [0.717, 1.165) is 16.8 Å². The average molecular weight is 310 g/mol. The van der Waals surface area contributed by atoms with Gasteiger partial charge in [-0.1, -0.05) is 6.07 Å². The van der Waals surface area contributed by atoms with E-state index in [-0.39, 0.29) is 5.91 Å². The third-order valence-corrected chi connectivity index (χ3v) is 3.85. The molecule has 0 fully saturated rings. The van der Waals surface area contributed by atoms with Crippen LogP contribution >= 0.6 is 11.3 Å². The SMILES string of the molecule is O=C(CCc1cccnc1)Nc1nc(-c2ccncc2)cs1. The Hall–Kier alpha value is -2.60. The Morgan fingerprint density at radius 3 is 2.77 bits per heavy atom. The molecule has 0 atom stereocenters. The molecule has 0 aromatic carbocycles. The zero-order valence-corrected chi connectivity index (χ0v) is 12.6. The molecule has 3 aromatic heterocycles. The van der Waals surface area contributed by atoms with Gasteiger partial charge in [0.05, 0.1) is 5.69 Å². The molecular formula is C16H14N4OS. The Bertz CT molecular complexity index is 743. The lowest BCUT2D eigenvalue weighted by Gasteiger charge is -2.01. The minimum absolute atomic E-state index is 0.0421. The number of pyridine rings is 2. The minimum Gasteiger partial charge on any atom is -0.302 e. The van der Waals surface area contributed by atoms with Gasteiger partial charge in [-0.05, 0) is 30.2 Å². The van der Waals surface area contributed by atoms with E-state index in [4.69, 9.17) is 0 Å². The summed E-state index contributed by atoms with van der Waals surface area (Å²) < 4.78 is 0. The van der Waals surface area contributed by atoms with Gasteiger partial charge in [0.1, 0.15) is 0 Å². The van der Waals surface area contributed by atoms with Crippen LogP contribution in [0.15, 0.2) is 54.4 Å². The Balaban J connectivity index is 1.57. The fourth-order valence-electron chi connectivity index (χ4n) is 1.97. The molecule has 0 saturated heterocycles. The molecule has 3 aromatic rings. The highest BCUT2D eigenvalue weighted by Gasteiger charge is 2.08. The Morgan fingerprint density at radius 2 is 2.00 bits per heavy atom. The lowest BCUT2D eigenvalue weighted by atomic mass is 10.1. The highest BCUT2D eigenvalue weighted by atomic mass is 32.1. The second kappa shape index (κ2) is 6.91. The van der Waals surface area contributed by atoms with Crippen LogP contribution in [0.3, 0.4) is 0 Å². The smallest absolute Gasteiger partial charge is 0.226 e. The van der Waals surface area contributed by atoms with Crippen molar-refractivity contribution >= 4 is 22.4 Å². The number of nitrogens with one attached hydrogen (secondary N) is 1. The first-order chi connectivity index (χ1) is 10.8. The topological polar surface area (TPSA) is 67.8 Å². The number of carbonyl (C=O) groups is 1. The van der Waals surface area contributed by atoms with Crippen LogP contribution in [0.25, 0.3) is 11.3 Å². The van der Waals surface area contributed by atoms with E-state index in [2.05, 4.69) is 20.3 Å². The molecular weight excluding hydrogens is 296 g/mol. The van der Waals surface area contributed by atoms with E-state index in [0.29, 0.717) is 18.0 Å². The summed E-state index contributed by atoms with van der Waals surface area (Å²) in [5.74, 6) is -0.0421. The molecule has 0 saturated carbocycles. The Kier molecular flexibility index (Phi) is 4.50. The predicted molar refractivity (Wildman–Crippen MR) is 86.5 cm³/mol. The summed E-state index contributed by atoms with van der Waals surface area (Å²) in [6, 6.07) is 7.62. The van der Waals surface area contributed by atoms with Crippen molar-refractivity contribution in [3.8, 4) is 11.3 Å². The van der Waals surface area contributed by atoms with Crippen molar-refractivity contribution in [2.24, 2.45) is 0 Å². The molecule has 3 heterocycles. The number of anilines is 1. The quantitative estimate of drug-likeness (QED) is 0.786. The van der Waals surface area contributed by atoms with Crippen LogP contribution in [0, 0.1) is 0 Å². The molecule has 110 valence electrons. The molecule has 0 radical (unpaired) electrons. The highest BCUT2D eigenvalue weighted by Crippen LogP contribution is 2.24. The molecule has 0 aliphatic heterocycles. The van der Waals surface area contributed by atoms with E-state index in [1.54, 1.807) is 24.8 Å². The second-order valence-electron chi connectivity index (χ2n) is 4.68. The number of hydrogen-bond acceptors (Lipinski definition) is 5. The first-order valence-electron chi connectivity index (χ1n) is 6.86. The van der Waals surface area contributed by atoms with Gasteiger partial charge in [-0.25, -0.2) is 4.98 Å². The van der Waals surface area contributed by atoms with Gasteiger partial charge in [0, 0.05) is 42.2 Å². The van der Waals surface area contributed by atoms with Crippen molar-refractivity contribution in [3.05, 3.63) is 60.0 Å². The molecule has 6 heteroatoms. The van der Waals surface area contributed by atoms with Gasteiger partial charge in [0.2, 0.25) is 5.91 Å². The third kappa shape index (κ3) is 3.73. The third-order valence-electron chi connectivity index (χ3n) is 3.09. The summed E-state index contributed by atoms with van der Waals surface area (Å²) >= 11 is 1.42. The summed E-state index contributed by atoms with van der Waals surface area (Å²) in [4.78, 5) is 24.4. The number of amides is 1. The van der Waals surface area contributed by atoms with Crippen molar-refractivity contribution < 1.29 is 4.79 Å². The molecule has 0 bridgehead atoms.